The fraction of sp³-hybridized carbons (Fsp3) is 0.483. The van der Waals surface area contributed by atoms with E-state index in [1.165, 1.54) is 6.33 Å². The molecule has 0 bridgehead atoms. The maximum atomic E-state index is 13.5. The number of nitrogens with one attached hydrogen (secondary N) is 5. The van der Waals surface area contributed by atoms with Crippen LogP contribution in [0.25, 0.3) is 10.9 Å². The highest BCUT2D eigenvalue weighted by atomic mass is 16.4. The summed E-state index contributed by atoms with van der Waals surface area (Å²) in [5, 5.41) is 18.8. The summed E-state index contributed by atoms with van der Waals surface area (Å²) in [6.45, 7) is 7.67. The van der Waals surface area contributed by atoms with Gasteiger partial charge in [0.05, 0.1) is 12.4 Å². The van der Waals surface area contributed by atoms with Crippen LogP contribution in [0.5, 0.6) is 0 Å². The first-order chi connectivity index (χ1) is 19.4. The van der Waals surface area contributed by atoms with Gasteiger partial charge in [-0.1, -0.05) is 45.9 Å². The second-order valence-electron chi connectivity index (χ2n) is 11.2. The zero-order valence-corrected chi connectivity index (χ0v) is 23.9. The van der Waals surface area contributed by atoms with Crippen LogP contribution in [-0.4, -0.2) is 67.9 Å². The summed E-state index contributed by atoms with van der Waals surface area (Å²) in [4.78, 5) is 61.8. The number of carboxylic acids is 1. The molecule has 1 aromatic carbocycles. The number of hydrogen-bond acceptors (Lipinski definition) is 6. The number of H-pyrrole nitrogens is 2. The minimum atomic E-state index is -1.22. The van der Waals surface area contributed by atoms with Crippen LogP contribution in [0.15, 0.2) is 43.0 Å². The van der Waals surface area contributed by atoms with Crippen LogP contribution in [0, 0.1) is 11.8 Å². The maximum Gasteiger partial charge on any atom is 0.326 e. The molecular weight excluding hydrogens is 526 g/mol. The van der Waals surface area contributed by atoms with Gasteiger partial charge in [0.1, 0.15) is 18.1 Å². The van der Waals surface area contributed by atoms with E-state index in [1.807, 2.05) is 52.0 Å². The molecule has 0 aliphatic carbocycles. The van der Waals surface area contributed by atoms with Crippen LogP contribution in [0.1, 0.15) is 51.8 Å². The SMILES string of the molecule is CC(C)CC(N)C(=O)NC(Cc1cnc[nH]1)C(=O)NC(CC(C)C)C(=O)NC(Cc1c[nH]c2ccccc12)C(=O)O. The Hall–Kier alpha value is -4.19. The van der Waals surface area contributed by atoms with E-state index in [0.29, 0.717) is 12.1 Å². The van der Waals surface area contributed by atoms with Crippen molar-refractivity contribution in [3.05, 3.63) is 54.2 Å². The van der Waals surface area contributed by atoms with Gasteiger partial charge < -0.3 is 36.8 Å². The molecule has 0 radical (unpaired) electrons. The topological polar surface area (TPSA) is 195 Å². The number of amides is 3. The van der Waals surface area contributed by atoms with Gasteiger partial charge in [0.2, 0.25) is 17.7 Å². The average molecular weight is 568 g/mol. The summed E-state index contributed by atoms with van der Waals surface area (Å²) in [7, 11) is 0. The summed E-state index contributed by atoms with van der Waals surface area (Å²) in [6, 6.07) is 3.41. The van der Waals surface area contributed by atoms with Crippen molar-refractivity contribution in [2.24, 2.45) is 17.6 Å². The van der Waals surface area contributed by atoms with Crippen LogP contribution in [-0.2, 0) is 32.0 Å². The number of aromatic nitrogens is 3. The Bertz CT molecular complexity index is 1320. The molecule has 3 rings (SSSR count). The van der Waals surface area contributed by atoms with Crippen molar-refractivity contribution in [3.63, 3.8) is 0 Å². The van der Waals surface area contributed by atoms with Crippen molar-refractivity contribution in [3.8, 4) is 0 Å². The zero-order chi connectivity index (χ0) is 30.1. The molecule has 222 valence electrons. The van der Waals surface area contributed by atoms with Crippen LogP contribution in [0.4, 0.5) is 0 Å². The number of hydrogen-bond donors (Lipinski definition) is 7. The standard InChI is InChI=1S/C29H41N7O5/c1-16(2)9-21(30)26(37)34-24(12-19-14-31-15-33-19)28(39)35-23(10-17(3)4)27(38)36-25(29(40)41)11-18-13-32-22-8-6-5-7-20(18)22/h5-8,13-17,21,23-25,32H,9-12,30H2,1-4H3,(H,31,33)(H,34,37)(H,35,39)(H,36,38)(H,40,41). The quantitative estimate of drug-likeness (QED) is 0.145. The Morgan fingerprint density at radius 3 is 2.12 bits per heavy atom. The third-order valence-corrected chi connectivity index (χ3v) is 6.73. The van der Waals surface area contributed by atoms with Gasteiger partial charge in [-0.05, 0) is 36.3 Å². The first-order valence-corrected chi connectivity index (χ1v) is 13.9. The molecule has 3 aromatic rings. The monoisotopic (exact) mass is 567 g/mol. The summed E-state index contributed by atoms with van der Waals surface area (Å²) in [5.74, 6) is -2.70. The van der Waals surface area contributed by atoms with Crippen molar-refractivity contribution in [1.29, 1.82) is 0 Å². The first kappa shape index (κ1) is 31.3. The smallest absolute Gasteiger partial charge is 0.326 e. The van der Waals surface area contributed by atoms with Crippen molar-refractivity contribution >= 4 is 34.6 Å². The van der Waals surface area contributed by atoms with Gasteiger partial charge in [0, 0.05) is 41.8 Å². The lowest BCUT2D eigenvalue weighted by Crippen LogP contribution is -2.58. The molecule has 2 heterocycles. The van der Waals surface area contributed by atoms with Crippen molar-refractivity contribution in [2.75, 3.05) is 0 Å². The maximum absolute atomic E-state index is 13.5. The number of aromatic amines is 2. The van der Waals surface area contributed by atoms with Crippen molar-refractivity contribution in [1.82, 2.24) is 30.9 Å². The van der Waals surface area contributed by atoms with Gasteiger partial charge in [-0.25, -0.2) is 9.78 Å². The lowest BCUT2D eigenvalue weighted by atomic mass is 10.00. The molecule has 2 aromatic heterocycles. The number of carbonyl (C=O) groups excluding carboxylic acids is 3. The molecule has 0 spiro atoms. The molecule has 12 heteroatoms. The molecule has 4 atom stereocenters. The summed E-state index contributed by atoms with van der Waals surface area (Å²) < 4.78 is 0. The fourth-order valence-corrected chi connectivity index (χ4v) is 4.69. The van der Waals surface area contributed by atoms with Gasteiger partial charge >= 0.3 is 5.97 Å². The molecule has 12 nitrogen and oxygen atoms in total. The number of carbonyl (C=O) groups is 4. The average Bonchev–Trinajstić information content (AvgIpc) is 3.56. The highest BCUT2D eigenvalue weighted by molar-refractivity contribution is 5.94. The predicted octanol–water partition coefficient (Wildman–Crippen LogP) is 1.63. The van der Waals surface area contributed by atoms with Crippen LogP contribution >= 0.6 is 0 Å². The van der Waals surface area contributed by atoms with Gasteiger partial charge in [0.25, 0.3) is 0 Å². The van der Waals surface area contributed by atoms with Crippen molar-refractivity contribution < 1.29 is 24.3 Å². The molecule has 0 fully saturated rings. The van der Waals surface area contributed by atoms with E-state index in [2.05, 4.69) is 30.9 Å². The second-order valence-corrected chi connectivity index (χ2v) is 11.2. The molecule has 3 amide bonds. The minimum Gasteiger partial charge on any atom is -0.480 e. The Morgan fingerprint density at radius 2 is 1.49 bits per heavy atom. The lowest BCUT2D eigenvalue weighted by Gasteiger charge is -2.26. The largest absolute Gasteiger partial charge is 0.480 e. The molecule has 0 aliphatic heterocycles. The lowest BCUT2D eigenvalue weighted by molar-refractivity contribution is -0.142. The van der Waals surface area contributed by atoms with E-state index in [-0.39, 0.29) is 31.1 Å². The predicted molar refractivity (Wildman–Crippen MR) is 155 cm³/mol. The van der Waals surface area contributed by atoms with Crippen LogP contribution < -0.4 is 21.7 Å². The molecule has 0 saturated carbocycles. The molecule has 41 heavy (non-hydrogen) atoms. The van der Waals surface area contributed by atoms with E-state index in [4.69, 9.17) is 5.73 Å². The highest BCUT2D eigenvalue weighted by Crippen LogP contribution is 2.19. The number of benzene rings is 1. The Kier molecular flexibility index (Phi) is 11.0. The Labute approximate surface area is 239 Å². The number of aliphatic carboxylic acids is 1. The number of nitrogens with zero attached hydrogens (tertiary/aromatic N) is 1. The normalized spacial score (nSPS) is 14.4. The highest BCUT2D eigenvalue weighted by Gasteiger charge is 2.31. The summed E-state index contributed by atoms with van der Waals surface area (Å²) >= 11 is 0. The number of imidazole rings is 1. The number of nitrogens with two attached hydrogens (primary N) is 1. The van der Waals surface area contributed by atoms with Crippen molar-refractivity contribution in [2.45, 2.75) is 77.5 Å². The van der Waals surface area contributed by atoms with Gasteiger partial charge in [0.15, 0.2) is 0 Å². The van der Waals surface area contributed by atoms with E-state index >= 15 is 0 Å². The molecular formula is C29H41N7O5. The van der Waals surface area contributed by atoms with E-state index < -0.39 is 47.9 Å². The van der Waals surface area contributed by atoms with E-state index in [9.17, 15) is 24.3 Å². The Morgan fingerprint density at radius 1 is 0.854 bits per heavy atom. The third-order valence-electron chi connectivity index (χ3n) is 6.73. The van der Waals surface area contributed by atoms with Gasteiger partial charge in [-0.2, -0.15) is 0 Å². The second kappa shape index (κ2) is 14.4. The first-order valence-electron chi connectivity index (χ1n) is 13.9. The number of fused-ring (bicyclic) bond motifs is 1. The number of rotatable bonds is 15. The van der Waals surface area contributed by atoms with Gasteiger partial charge in [-0.3, -0.25) is 14.4 Å². The minimum absolute atomic E-state index is 0.00283. The number of para-hydroxylation sites is 1. The van der Waals surface area contributed by atoms with E-state index in [0.717, 1.165) is 16.5 Å². The van der Waals surface area contributed by atoms with Crippen LogP contribution in [0.3, 0.4) is 0 Å². The number of carboxylic acid groups (broad SMARTS) is 1. The summed E-state index contributed by atoms with van der Waals surface area (Å²) in [5.41, 5.74) is 8.26. The third kappa shape index (κ3) is 9.17. The molecule has 8 N–H and O–H groups in total. The Balaban J connectivity index is 1.76. The fourth-order valence-electron chi connectivity index (χ4n) is 4.69. The van der Waals surface area contributed by atoms with Crippen LogP contribution in [0.2, 0.25) is 0 Å². The zero-order valence-electron chi connectivity index (χ0n) is 23.9. The summed E-state index contributed by atoms with van der Waals surface area (Å²) in [6.07, 6.45) is 5.59. The molecule has 0 aliphatic rings. The molecule has 4 unspecified atom stereocenters. The van der Waals surface area contributed by atoms with Gasteiger partial charge in [-0.15, -0.1) is 0 Å². The molecule has 0 saturated heterocycles. The van der Waals surface area contributed by atoms with E-state index in [1.54, 1.807) is 12.4 Å².